The summed E-state index contributed by atoms with van der Waals surface area (Å²) in [6, 6.07) is 9.63. The van der Waals surface area contributed by atoms with E-state index in [-0.39, 0.29) is 0 Å². The molecule has 1 aromatic rings. The highest BCUT2D eigenvalue weighted by molar-refractivity contribution is 5.28. The smallest absolute Gasteiger partial charge is 0.119 e. The molecule has 0 bridgehead atoms. The van der Waals surface area contributed by atoms with E-state index in [0.717, 1.165) is 31.5 Å². The summed E-state index contributed by atoms with van der Waals surface area (Å²) in [6.07, 6.45) is 5.58. The van der Waals surface area contributed by atoms with Crippen LogP contribution in [0.25, 0.3) is 0 Å². The van der Waals surface area contributed by atoms with Crippen LogP contribution in [0.4, 0.5) is 0 Å². The largest absolute Gasteiger partial charge is 0.494 e. The Balaban J connectivity index is 1.72. The summed E-state index contributed by atoms with van der Waals surface area (Å²) in [5.41, 5.74) is 1.32. The zero-order chi connectivity index (χ0) is 15.1. The Hall–Kier alpha value is -1.06. The van der Waals surface area contributed by atoms with E-state index in [2.05, 4.69) is 48.5 Å². The number of nitrogens with zero attached hydrogens (tertiary/aromatic N) is 1. The highest BCUT2D eigenvalue weighted by Crippen LogP contribution is 2.22. The monoisotopic (exact) mass is 290 g/mol. The van der Waals surface area contributed by atoms with Gasteiger partial charge in [0.25, 0.3) is 0 Å². The van der Waals surface area contributed by atoms with Crippen molar-refractivity contribution in [2.45, 2.75) is 51.6 Å². The van der Waals surface area contributed by atoms with Crippen molar-refractivity contribution >= 4 is 0 Å². The number of rotatable bonds is 8. The molecular formula is C18H30N2O. The van der Waals surface area contributed by atoms with Gasteiger partial charge in [0, 0.05) is 25.2 Å². The number of nitrogens with one attached hydrogen (secondary N) is 1. The summed E-state index contributed by atoms with van der Waals surface area (Å²) in [6.45, 7) is 7.14. The molecule has 3 nitrogen and oxygen atoms in total. The molecule has 1 atom stereocenters. The molecule has 0 saturated heterocycles. The van der Waals surface area contributed by atoms with Crippen LogP contribution in [0, 0.1) is 0 Å². The molecule has 0 heterocycles. The molecule has 1 aliphatic carbocycles. The number of hydrogen-bond donors (Lipinski definition) is 1. The lowest BCUT2D eigenvalue weighted by Crippen LogP contribution is -2.36. The third-order valence-electron chi connectivity index (χ3n) is 4.55. The van der Waals surface area contributed by atoms with Crippen LogP contribution in [0.2, 0.25) is 0 Å². The first-order chi connectivity index (χ1) is 10.2. The fourth-order valence-electron chi connectivity index (χ4n) is 3.12. The Labute approximate surface area is 129 Å². The van der Waals surface area contributed by atoms with E-state index in [0.29, 0.717) is 6.04 Å². The molecule has 3 heteroatoms. The van der Waals surface area contributed by atoms with Crippen LogP contribution in [0.1, 0.15) is 51.1 Å². The van der Waals surface area contributed by atoms with E-state index >= 15 is 0 Å². The van der Waals surface area contributed by atoms with Gasteiger partial charge in [0.1, 0.15) is 5.75 Å². The lowest BCUT2D eigenvalue weighted by Gasteiger charge is -2.25. The summed E-state index contributed by atoms with van der Waals surface area (Å²) in [7, 11) is 2.26. The van der Waals surface area contributed by atoms with Gasteiger partial charge in [-0.15, -0.1) is 0 Å². The van der Waals surface area contributed by atoms with E-state index < -0.39 is 0 Å². The predicted octanol–water partition coefficient (Wildman–Crippen LogP) is 3.61. The summed E-state index contributed by atoms with van der Waals surface area (Å²) >= 11 is 0. The lowest BCUT2D eigenvalue weighted by molar-refractivity contribution is 0.243. The average Bonchev–Trinajstić information content (AvgIpc) is 3.02. The van der Waals surface area contributed by atoms with Crippen LogP contribution >= 0.6 is 0 Å². The SMILES string of the molecule is CCOc1ccc(C(C)NCCN(C)C2CCCC2)cc1. The first kappa shape index (κ1) is 16.3. The first-order valence-corrected chi connectivity index (χ1v) is 8.37. The van der Waals surface area contributed by atoms with Gasteiger partial charge in [0.2, 0.25) is 0 Å². The molecule has 1 aliphatic rings. The van der Waals surface area contributed by atoms with E-state index in [9.17, 15) is 0 Å². The van der Waals surface area contributed by atoms with E-state index in [1.54, 1.807) is 0 Å². The van der Waals surface area contributed by atoms with Crippen molar-refractivity contribution < 1.29 is 4.74 Å². The molecule has 21 heavy (non-hydrogen) atoms. The second kappa shape index (κ2) is 8.40. The van der Waals surface area contributed by atoms with Crippen LogP contribution in [0.3, 0.4) is 0 Å². The molecule has 0 radical (unpaired) electrons. The van der Waals surface area contributed by atoms with Gasteiger partial charge in [0.15, 0.2) is 0 Å². The van der Waals surface area contributed by atoms with E-state index in [1.807, 2.05) is 6.92 Å². The van der Waals surface area contributed by atoms with E-state index in [4.69, 9.17) is 4.74 Å². The minimum atomic E-state index is 0.387. The van der Waals surface area contributed by atoms with Gasteiger partial charge in [-0.1, -0.05) is 25.0 Å². The molecular weight excluding hydrogens is 260 g/mol. The average molecular weight is 290 g/mol. The standard InChI is InChI=1S/C18H30N2O/c1-4-21-18-11-9-16(10-12-18)15(2)19-13-14-20(3)17-7-5-6-8-17/h9-12,15,17,19H,4-8,13-14H2,1-3H3. The first-order valence-electron chi connectivity index (χ1n) is 8.37. The number of hydrogen-bond acceptors (Lipinski definition) is 3. The Kier molecular flexibility index (Phi) is 6.52. The molecule has 1 unspecified atom stereocenters. The zero-order valence-corrected chi connectivity index (χ0v) is 13.8. The van der Waals surface area contributed by atoms with Crippen LogP contribution in [-0.4, -0.2) is 37.7 Å². The van der Waals surface area contributed by atoms with Crippen molar-refractivity contribution in [3.8, 4) is 5.75 Å². The fourth-order valence-corrected chi connectivity index (χ4v) is 3.12. The van der Waals surface area contributed by atoms with Gasteiger partial charge in [0.05, 0.1) is 6.61 Å². The second-order valence-corrected chi connectivity index (χ2v) is 6.10. The Morgan fingerprint density at radius 1 is 1.24 bits per heavy atom. The molecule has 1 aromatic carbocycles. The fraction of sp³-hybridized carbons (Fsp3) is 0.667. The summed E-state index contributed by atoms with van der Waals surface area (Å²) in [5, 5.41) is 3.62. The summed E-state index contributed by atoms with van der Waals surface area (Å²) in [4.78, 5) is 2.52. The van der Waals surface area contributed by atoms with Crippen molar-refractivity contribution in [3.05, 3.63) is 29.8 Å². The van der Waals surface area contributed by atoms with Gasteiger partial charge in [-0.2, -0.15) is 0 Å². The van der Waals surface area contributed by atoms with Crippen molar-refractivity contribution in [1.82, 2.24) is 10.2 Å². The molecule has 1 N–H and O–H groups in total. The maximum absolute atomic E-state index is 5.48. The van der Waals surface area contributed by atoms with Gasteiger partial charge in [-0.05, 0) is 51.4 Å². The third-order valence-corrected chi connectivity index (χ3v) is 4.55. The summed E-state index contributed by atoms with van der Waals surface area (Å²) < 4.78 is 5.48. The zero-order valence-electron chi connectivity index (χ0n) is 13.8. The van der Waals surface area contributed by atoms with Gasteiger partial charge in [-0.3, -0.25) is 0 Å². The number of ether oxygens (including phenoxy) is 1. The quantitative estimate of drug-likeness (QED) is 0.791. The molecule has 1 saturated carbocycles. The maximum atomic E-state index is 5.48. The maximum Gasteiger partial charge on any atom is 0.119 e. The van der Waals surface area contributed by atoms with Gasteiger partial charge < -0.3 is 15.0 Å². The molecule has 0 amide bonds. The van der Waals surface area contributed by atoms with Crippen molar-refractivity contribution in [1.29, 1.82) is 0 Å². The van der Waals surface area contributed by atoms with Crippen molar-refractivity contribution in [3.63, 3.8) is 0 Å². The minimum Gasteiger partial charge on any atom is -0.494 e. The van der Waals surface area contributed by atoms with Gasteiger partial charge in [-0.25, -0.2) is 0 Å². The van der Waals surface area contributed by atoms with Crippen LogP contribution in [0.5, 0.6) is 5.75 Å². The number of benzene rings is 1. The van der Waals surface area contributed by atoms with Crippen LogP contribution in [-0.2, 0) is 0 Å². The number of likely N-dealkylation sites (N-methyl/N-ethyl adjacent to an activating group) is 1. The van der Waals surface area contributed by atoms with Crippen LogP contribution in [0.15, 0.2) is 24.3 Å². The molecule has 0 spiro atoms. The molecule has 118 valence electrons. The minimum absolute atomic E-state index is 0.387. The molecule has 0 aromatic heterocycles. The predicted molar refractivity (Wildman–Crippen MR) is 88.9 cm³/mol. The Morgan fingerprint density at radius 2 is 1.90 bits per heavy atom. The van der Waals surface area contributed by atoms with Crippen LogP contribution < -0.4 is 10.1 Å². The summed E-state index contributed by atoms with van der Waals surface area (Å²) in [5.74, 6) is 0.953. The highest BCUT2D eigenvalue weighted by Gasteiger charge is 2.18. The lowest BCUT2D eigenvalue weighted by atomic mass is 10.1. The Morgan fingerprint density at radius 3 is 2.52 bits per heavy atom. The molecule has 2 rings (SSSR count). The molecule has 0 aliphatic heterocycles. The van der Waals surface area contributed by atoms with Crippen molar-refractivity contribution in [2.24, 2.45) is 0 Å². The van der Waals surface area contributed by atoms with E-state index in [1.165, 1.54) is 31.2 Å². The topological polar surface area (TPSA) is 24.5 Å². The normalized spacial score (nSPS) is 17.3. The third kappa shape index (κ3) is 5.01. The molecule has 1 fully saturated rings. The van der Waals surface area contributed by atoms with Gasteiger partial charge >= 0.3 is 0 Å². The van der Waals surface area contributed by atoms with Crippen molar-refractivity contribution in [2.75, 3.05) is 26.7 Å². The Bertz CT molecular complexity index is 398. The second-order valence-electron chi connectivity index (χ2n) is 6.10. The highest BCUT2D eigenvalue weighted by atomic mass is 16.5.